The molecule has 0 radical (unpaired) electrons. The molecule has 1 atom stereocenters. The van der Waals surface area contributed by atoms with E-state index < -0.39 is 23.8 Å². The van der Waals surface area contributed by atoms with Crippen molar-refractivity contribution in [2.45, 2.75) is 12.1 Å². The summed E-state index contributed by atoms with van der Waals surface area (Å²) < 4.78 is 39.3. The number of rotatable bonds is 3. The molecule has 0 aliphatic rings. The summed E-state index contributed by atoms with van der Waals surface area (Å²) >= 11 is 0. The summed E-state index contributed by atoms with van der Waals surface area (Å²) in [4.78, 5) is 10.0. The number of alkyl halides is 3. The molecule has 4 nitrogen and oxygen atoms in total. The maximum absolute atomic E-state index is 13.1. The van der Waals surface area contributed by atoms with Crippen LogP contribution in [0.1, 0.15) is 11.9 Å². The molecular weight excluding hydrogens is 201 g/mol. The molecule has 1 aromatic heterocycles. The maximum Gasteiger partial charge on any atom is 0.378 e. The molecule has 14 heavy (non-hydrogen) atoms. The second-order valence-corrected chi connectivity index (χ2v) is 2.67. The molecule has 1 aromatic rings. The van der Waals surface area contributed by atoms with E-state index in [1.54, 1.807) is 0 Å². The zero-order valence-corrected chi connectivity index (χ0v) is 7.12. The average Bonchev–Trinajstić information content (AvgIpc) is 2.49. The Labute approximate surface area is 77.0 Å². The first-order valence-corrected chi connectivity index (χ1v) is 3.60. The van der Waals surface area contributed by atoms with Crippen molar-refractivity contribution in [3.63, 3.8) is 0 Å². The van der Waals surface area contributed by atoms with Gasteiger partial charge in [0.1, 0.15) is 0 Å². The summed E-state index contributed by atoms with van der Waals surface area (Å²) in [6.45, 7) is 0. The Morgan fingerprint density at radius 2 is 2.29 bits per heavy atom. The van der Waals surface area contributed by atoms with Gasteiger partial charge in [-0.1, -0.05) is 0 Å². The van der Waals surface area contributed by atoms with E-state index in [9.17, 15) is 18.0 Å². The highest BCUT2D eigenvalue weighted by Crippen LogP contribution is 2.34. The third-order valence-corrected chi connectivity index (χ3v) is 1.72. The number of carbonyl (C=O) groups is 1. The van der Waals surface area contributed by atoms with E-state index >= 15 is 0 Å². The molecule has 0 saturated heterocycles. The molecule has 1 unspecified atom stereocenters. The highest BCUT2D eigenvalue weighted by molar-refractivity contribution is 5.76. The first kappa shape index (κ1) is 10.6. The molecule has 1 rings (SSSR count). The molecule has 0 aliphatic carbocycles. The second-order valence-electron chi connectivity index (χ2n) is 2.67. The minimum atomic E-state index is -4.44. The van der Waals surface area contributed by atoms with E-state index in [2.05, 4.69) is 5.10 Å². The summed E-state index contributed by atoms with van der Waals surface area (Å²) in [5.41, 5.74) is -0.475. The zero-order valence-electron chi connectivity index (χ0n) is 7.12. The van der Waals surface area contributed by atoms with Gasteiger partial charge in [-0.05, 0) is 6.07 Å². The van der Waals surface area contributed by atoms with Crippen LogP contribution in [0.5, 0.6) is 0 Å². The minimum absolute atomic E-state index is 0.475. The van der Waals surface area contributed by atoms with Gasteiger partial charge in [0.15, 0.2) is 0 Å². The Morgan fingerprint density at radius 3 is 2.64 bits per heavy atom. The lowest BCUT2D eigenvalue weighted by Crippen LogP contribution is -2.34. The topological polar surface area (TPSA) is 55.1 Å². The Kier molecular flexibility index (Phi) is 2.50. The van der Waals surface area contributed by atoms with Crippen molar-refractivity contribution in [2.75, 3.05) is 0 Å². The van der Waals surface area contributed by atoms with Gasteiger partial charge in [0, 0.05) is 13.2 Å². The number of aliphatic carboxylic acids is 1. The van der Waals surface area contributed by atoms with Crippen molar-refractivity contribution < 1.29 is 23.1 Å². The van der Waals surface area contributed by atoms with Crippen molar-refractivity contribution in [3.8, 4) is 0 Å². The fourth-order valence-corrected chi connectivity index (χ4v) is 0.927. The van der Waals surface area contributed by atoms with Crippen LogP contribution in [0.15, 0.2) is 12.3 Å². The second kappa shape index (κ2) is 3.32. The van der Waals surface area contributed by atoms with E-state index in [-0.39, 0.29) is 0 Å². The third kappa shape index (κ3) is 1.57. The summed E-state index contributed by atoms with van der Waals surface area (Å²) in [5.74, 6) is -6.93. The van der Waals surface area contributed by atoms with Crippen LogP contribution >= 0.6 is 0 Å². The van der Waals surface area contributed by atoms with E-state index in [1.165, 1.54) is 7.05 Å². The molecule has 0 bridgehead atoms. The summed E-state index contributed by atoms with van der Waals surface area (Å²) in [6, 6.07) is 1.00. The third-order valence-electron chi connectivity index (χ3n) is 1.72. The zero-order chi connectivity index (χ0) is 10.9. The molecule has 7 heteroatoms. The van der Waals surface area contributed by atoms with Crippen LogP contribution in [0.25, 0.3) is 0 Å². The Morgan fingerprint density at radius 1 is 1.71 bits per heavy atom. The van der Waals surface area contributed by atoms with E-state index in [4.69, 9.17) is 5.11 Å². The van der Waals surface area contributed by atoms with Crippen LogP contribution in [0.4, 0.5) is 13.2 Å². The number of carboxylic acids is 1. The smallest absolute Gasteiger partial charge is 0.378 e. The van der Waals surface area contributed by atoms with Gasteiger partial charge in [0.25, 0.3) is 0 Å². The molecular formula is C7H7F3N2O2. The standard InChI is InChI=1S/C7H7F3N2O2/c1-12-4(2-3-11-12)5(8)7(9,10)6(13)14/h2-3,5H,1H3,(H,13,14). The summed E-state index contributed by atoms with van der Waals surface area (Å²) in [6.07, 6.45) is -1.78. The predicted octanol–water partition coefficient (Wildman–Crippen LogP) is 1.15. The van der Waals surface area contributed by atoms with Crippen molar-refractivity contribution >= 4 is 5.97 Å². The molecule has 1 heterocycles. The first-order chi connectivity index (χ1) is 6.37. The van der Waals surface area contributed by atoms with Gasteiger partial charge < -0.3 is 5.11 Å². The highest BCUT2D eigenvalue weighted by Gasteiger charge is 2.50. The van der Waals surface area contributed by atoms with Gasteiger partial charge >= 0.3 is 11.9 Å². The van der Waals surface area contributed by atoms with Crippen molar-refractivity contribution in [3.05, 3.63) is 18.0 Å². The van der Waals surface area contributed by atoms with E-state index in [0.29, 0.717) is 0 Å². The number of hydrogen-bond donors (Lipinski definition) is 1. The number of nitrogens with zero attached hydrogens (tertiary/aromatic N) is 2. The van der Waals surface area contributed by atoms with Crippen LogP contribution in [0, 0.1) is 0 Å². The average molecular weight is 208 g/mol. The first-order valence-electron chi connectivity index (χ1n) is 3.60. The van der Waals surface area contributed by atoms with Crippen molar-refractivity contribution in [2.24, 2.45) is 7.05 Å². The van der Waals surface area contributed by atoms with Gasteiger partial charge in [-0.3, -0.25) is 4.68 Å². The van der Waals surface area contributed by atoms with Gasteiger partial charge in [-0.2, -0.15) is 13.9 Å². The summed E-state index contributed by atoms with van der Waals surface area (Å²) in [5, 5.41) is 11.5. The molecule has 0 aromatic carbocycles. The fourth-order valence-electron chi connectivity index (χ4n) is 0.927. The number of aromatic nitrogens is 2. The van der Waals surface area contributed by atoms with Crippen LogP contribution in [0.3, 0.4) is 0 Å². The lowest BCUT2D eigenvalue weighted by Gasteiger charge is -2.15. The van der Waals surface area contributed by atoms with Crippen molar-refractivity contribution in [1.29, 1.82) is 0 Å². The quantitative estimate of drug-likeness (QED) is 0.810. The Hall–Kier alpha value is -1.53. The van der Waals surface area contributed by atoms with Gasteiger partial charge in [-0.15, -0.1) is 0 Å². The van der Waals surface area contributed by atoms with Crippen molar-refractivity contribution in [1.82, 2.24) is 9.78 Å². The molecule has 78 valence electrons. The number of halogens is 3. The van der Waals surface area contributed by atoms with Gasteiger partial charge in [-0.25, -0.2) is 9.18 Å². The van der Waals surface area contributed by atoms with E-state index in [1.807, 2.05) is 0 Å². The molecule has 0 amide bonds. The Bertz CT molecular complexity index is 350. The van der Waals surface area contributed by atoms with Crippen LogP contribution in [-0.4, -0.2) is 26.8 Å². The molecule has 0 fully saturated rings. The number of aryl methyl sites for hydroxylation is 1. The SMILES string of the molecule is Cn1nccc1C(F)C(F)(F)C(=O)O. The van der Waals surface area contributed by atoms with E-state index in [0.717, 1.165) is 16.9 Å². The maximum atomic E-state index is 13.1. The van der Waals surface area contributed by atoms with Gasteiger partial charge in [0.05, 0.1) is 5.69 Å². The Balaban J connectivity index is 3.02. The van der Waals surface area contributed by atoms with Crippen LogP contribution in [-0.2, 0) is 11.8 Å². The highest BCUT2D eigenvalue weighted by atomic mass is 19.3. The lowest BCUT2D eigenvalue weighted by atomic mass is 10.1. The molecule has 0 aliphatic heterocycles. The number of hydrogen-bond acceptors (Lipinski definition) is 2. The lowest BCUT2D eigenvalue weighted by molar-refractivity contribution is -0.176. The summed E-state index contributed by atoms with van der Waals surface area (Å²) in [7, 11) is 1.25. The minimum Gasteiger partial charge on any atom is -0.477 e. The normalized spacial score (nSPS) is 14.0. The predicted molar refractivity (Wildman–Crippen MR) is 39.6 cm³/mol. The monoisotopic (exact) mass is 208 g/mol. The van der Waals surface area contributed by atoms with Crippen LogP contribution in [0.2, 0.25) is 0 Å². The largest absolute Gasteiger partial charge is 0.477 e. The van der Waals surface area contributed by atoms with Crippen LogP contribution < -0.4 is 0 Å². The van der Waals surface area contributed by atoms with Gasteiger partial charge in [0.2, 0.25) is 6.17 Å². The number of carboxylic acid groups (broad SMARTS) is 1. The molecule has 0 saturated carbocycles. The molecule has 1 N–H and O–H groups in total. The molecule has 0 spiro atoms. The fraction of sp³-hybridized carbons (Fsp3) is 0.429.